The van der Waals surface area contributed by atoms with Gasteiger partial charge in [-0.3, -0.25) is 4.90 Å². The fourth-order valence-electron chi connectivity index (χ4n) is 3.39. The zero-order valence-corrected chi connectivity index (χ0v) is 13.9. The van der Waals surface area contributed by atoms with Gasteiger partial charge in [-0.1, -0.05) is 6.07 Å². The van der Waals surface area contributed by atoms with Crippen molar-refractivity contribution in [1.82, 2.24) is 9.88 Å². The van der Waals surface area contributed by atoms with Gasteiger partial charge in [0.15, 0.2) is 5.69 Å². The van der Waals surface area contributed by atoms with Crippen LogP contribution in [0.3, 0.4) is 0 Å². The van der Waals surface area contributed by atoms with Crippen molar-refractivity contribution in [2.24, 2.45) is 0 Å². The monoisotopic (exact) mass is 334 g/mol. The van der Waals surface area contributed by atoms with Crippen molar-refractivity contribution in [3.05, 3.63) is 71.5 Å². The number of piperazine rings is 1. The topological polar surface area (TPSA) is 26.6 Å². The van der Waals surface area contributed by atoms with Crippen molar-refractivity contribution in [1.29, 1.82) is 0 Å². The quantitative estimate of drug-likeness (QED) is 0.728. The van der Waals surface area contributed by atoms with E-state index in [1.54, 1.807) is 0 Å². The summed E-state index contributed by atoms with van der Waals surface area (Å²) in [5, 5.41) is 1.09. The van der Waals surface area contributed by atoms with E-state index in [4.69, 9.17) is 6.57 Å². The fourth-order valence-corrected chi connectivity index (χ4v) is 3.39. The third-order valence-corrected chi connectivity index (χ3v) is 4.75. The maximum absolute atomic E-state index is 13.0. The van der Waals surface area contributed by atoms with Crippen molar-refractivity contribution in [3.8, 4) is 0 Å². The van der Waals surface area contributed by atoms with Gasteiger partial charge in [-0.05, 0) is 47.9 Å². The minimum atomic E-state index is -0.192. The lowest BCUT2D eigenvalue weighted by molar-refractivity contribution is 0.247. The maximum atomic E-state index is 13.0. The molecule has 0 amide bonds. The number of aromatic nitrogens is 1. The second kappa shape index (κ2) is 6.58. The first kappa shape index (κ1) is 15.7. The van der Waals surface area contributed by atoms with Crippen LogP contribution in [0.4, 0.5) is 15.8 Å². The smallest absolute Gasteiger partial charge is 0.187 e. The summed E-state index contributed by atoms with van der Waals surface area (Å²) in [4.78, 5) is 11.6. The zero-order chi connectivity index (χ0) is 17.2. The predicted molar refractivity (Wildman–Crippen MR) is 98.5 cm³/mol. The van der Waals surface area contributed by atoms with E-state index in [0.29, 0.717) is 5.69 Å². The van der Waals surface area contributed by atoms with Crippen LogP contribution in [0.2, 0.25) is 0 Å². The number of H-pyrrole nitrogens is 1. The molecule has 0 saturated carbocycles. The van der Waals surface area contributed by atoms with Gasteiger partial charge in [0, 0.05) is 49.6 Å². The van der Waals surface area contributed by atoms with Gasteiger partial charge in [0.25, 0.3) is 0 Å². The van der Waals surface area contributed by atoms with E-state index in [2.05, 4.69) is 25.7 Å². The third kappa shape index (κ3) is 3.35. The number of anilines is 1. The Balaban J connectivity index is 1.40. The molecule has 0 unspecified atom stereocenters. The Kier molecular flexibility index (Phi) is 4.12. The molecule has 2 heterocycles. The van der Waals surface area contributed by atoms with E-state index in [-0.39, 0.29) is 5.82 Å². The van der Waals surface area contributed by atoms with Crippen molar-refractivity contribution in [3.63, 3.8) is 0 Å². The molecule has 2 aromatic carbocycles. The summed E-state index contributed by atoms with van der Waals surface area (Å²) < 4.78 is 13.0. The summed E-state index contributed by atoms with van der Waals surface area (Å²) in [6.45, 7) is 11.8. The van der Waals surface area contributed by atoms with Gasteiger partial charge in [0.05, 0.1) is 6.57 Å². The molecule has 0 bridgehead atoms. The summed E-state index contributed by atoms with van der Waals surface area (Å²) >= 11 is 0. The van der Waals surface area contributed by atoms with E-state index in [1.807, 2.05) is 30.3 Å². The summed E-state index contributed by atoms with van der Waals surface area (Å²) in [7, 11) is 0. The number of nitrogens with one attached hydrogen (secondary N) is 1. The van der Waals surface area contributed by atoms with Gasteiger partial charge in [-0.15, -0.1) is 0 Å². The summed E-state index contributed by atoms with van der Waals surface area (Å²) in [6.07, 6.45) is 0. The largest absolute Gasteiger partial charge is 0.369 e. The second-order valence-electron chi connectivity index (χ2n) is 6.42. The van der Waals surface area contributed by atoms with Gasteiger partial charge in [-0.2, -0.15) is 0 Å². The van der Waals surface area contributed by atoms with Gasteiger partial charge in [-0.25, -0.2) is 9.24 Å². The lowest BCUT2D eigenvalue weighted by Crippen LogP contribution is -2.46. The summed E-state index contributed by atoms with van der Waals surface area (Å²) in [6, 6.07) is 14.6. The molecule has 4 rings (SSSR count). The van der Waals surface area contributed by atoms with E-state index < -0.39 is 0 Å². The Labute approximate surface area is 146 Å². The van der Waals surface area contributed by atoms with Crippen LogP contribution in [0, 0.1) is 12.4 Å². The van der Waals surface area contributed by atoms with Gasteiger partial charge in [0.1, 0.15) is 5.82 Å². The van der Waals surface area contributed by atoms with Crippen LogP contribution in [0.15, 0.2) is 48.5 Å². The van der Waals surface area contributed by atoms with Crippen molar-refractivity contribution in [2.75, 3.05) is 31.1 Å². The maximum Gasteiger partial charge on any atom is 0.187 e. The molecule has 4 nitrogen and oxygen atoms in total. The number of benzene rings is 2. The van der Waals surface area contributed by atoms with Crippen molar-refractivity contribution >= 4 is 22.3 Å². The molecule has 25 heavy (non-hydrogen) atoms. The molecule has 0 radical (unpaired) electrons. The Hall–Kier alpha value is -2.84. The molecule has 1 aromatic heterocycles. The first-order chi connectivity index (χ1) is 12.2. The lowest BCUT2D eigenvalue weighted by atomic mass is 10.2. The minimum absolute atomic E-state index is 0.192. The average Bonchev–Trinajstić information content (AvgIpc) is 3.04. The highest BCUT2D eigenvalue weighted by Gasteiger charge is 2.18. The standard InChI is InChI=1S/C20H19FN4/c1-22-17-4-7-20-15(12-17)13-18(23-20)14-24-8-10-25(11-9-24)19-5-2-16(21)3-6-19/h2-7,12-13,23H,8-11,14H2. The van der Waals surface area contributed by atoms with E-state index in [1.165, 1.54) is 17.8 Å². The molecule has 1 saturated heterocycles. The van der Waals surface area contributed by atoms with Gasteiger partial charge in [0.2, 0.25) is 0 Å². The number of halogens is 1. The minimum Gasteiger partial charge on any atom is -0.369 e. The molecule has 0 atom stereocenters. The van der Waals surface area contributed by atoms with Crippen LogP contribution >= 0.6 is 0 Å². The number of hydrogen-bond acceptors (Lipinski definition) is 2. The van der Waals surface area contributed by atoms with Crippen LogP contribution in [0.1, 0.15) is 5.69 Å². The lowest BCUT2D eigenvalue weighted by Gasteiger charge is -2.35. The first-order valence-corrected chi connectivity index (χ1v) is 8.43. The normalized spacial score (nSPS) is 15.4. The van der Waals surface area contributed by atoms with Crippen LogP contribution in [0.25, 0.3) is 15.7 Å². The van der Waals surface area contributed by atoms with Crippen LogP contribution in [0.5, 0.6) is 0 Å². The Morgan fingerprint density at radius 2 is 1.76 bits per heavy atom. The molecular formula is C20H19FN4. The average molecular weight is 334 g/mol. The number of fused-ring (bicyclic) bond motifs is 1. The van der Waals surface area contributed by atoms with Crippen molar-refractivity contribution < 1.29 is 4.39 Å². The number of aromatic amines is 1. The molecule has 1 aliphatic heterocycles. The predicted octanol–water partition coefficient (Wildman–Crippen LogP) is 4.18. The molecule has 126 valence electrons. The Bertz CT molecular complexity index is 915. The highest BCUT2D eigenvalue weighted by atomic mass is 19.1. The SMILES string of the molecule is [C-]#[N+]c1ccc2[nH]c(CN3CCN(c4ccc(F)cc4)CC3)cc2c1. The van der Waals surface area contributed by atoms with E-state index in [0.717, 1.165) is 49.3 Å². The first-order valence-electron chi connectivity index (χ1n) is 8.43. The zero-order valence-electron chi connectivity index (χ0n) is 13.9. The Morgan fingerprint density at radius 3 is 2.48 bits per heavy atom. The summed E-state index contributed by atoms with van der Waals surface area (Å²) in [5.41, 5.74) is 4.00. The summed E-state index contributed by atoms with van der Waals surface area (Å²) in [5.74, 6) is -0.192. The number of hydrogen-bond donors (Lipinski definition) is 1. The molecule has 1 fully saturated rings. The molecule has 0 spiro atoms. The highest BCUT2D eigenvalue weighted by molar-refractivity contribution is 5.84. The highest BCUT2D eigenvalue weighted by Crippen LogP contribution is 2.23. The molecule has 0 aliphatic carbocycles. The second-order valence-corrected chi connectivity index (χ2v) is 6.42. The van der Waals surface area contributed by atoms with E-state index in [9.17, 15) is 4.39 Å². The molecular weight excluding hydrogens is 315 g/mol. The van der Waals surface area contributed by atoms with Crippen LogP contribution < -0.4 is 4.90 Å². The third-order valence-electron chi connectivity index (χ3n) is 4.75. The Morgan fingerprint density at radius 1 is 1.00 bits per heavy atom. The van der Waals surface area contributed by atoms with Crippen molar-refractivity contribution in [2.45, 2.75) is 6.54 Å². The molecule has 5 heteroatoms. The number of rotatable bonds is 3. The van der Waals surface area contributed by atoms with Gasteiger partial charge < -0.3 is 9.88 Å². The van der Waals surface area contributed by atoms with Gasteiger partial charge >= 0.3 is 0 Å². The number of nitrogens with zero attached hydrogens (tertiary/aromatic N) is 3. The molecule has 1 N–H and O–H groups in total. The molecule has 3 aromatic rings. The fraction of sp³-hybridized carbons (Fsp3) is 0.250. The molecule has 1 aliphatic rings. The van der Waals surface area contributed by atoms with Crippen LogP contribution in [-0.4, -0.2) is 36.1 Å². The van der Waals surface area contributed by atoms with Crippen LogP contribution in [-0.2, 0) is 6.54 Å². The van der Waals surface area contributed by atoms with E-state index >= 15 is 0 Å².